The SMILES string of the molecule is CC(=O)OC[C@H]1O[C@@H](n2cnc3c(=O)n(S(=O)(=O)c4ccccc4[N+](=O)[O-])cnc32)[C@H](OC(C)=O)[C@@H]1OC(C)=O. The van der Waals surface area contributed by atoms with E-state index in [1.807, 2.05) is 0 Å². The summed E-state index contributed by atoms with van der Waals surface area (Å²) in [6, 6.07) is 4.46. The van der Waals surface area contributed by atoms with E-state index in [0.29, 0.717) is 6.33 Å². The minimum Gasteiger partial charge on any atom is -0.463 e. The third kappa shape index (κ3) is 5.25. The Hall–Kier alpha value is -4.71. The van der Waals surface area contributed by atoms with Crippen LogP contribution in [0.5, 0.6) is 0 Å². The monoisotopic (exact) mass is 579 g/mol. The van der Waals surface area contributed by atoms with Crippen molar-refractivity contribution in [3.8, 4) is 0 Å². The molecule has 3 heterocycles. The molecule has 4 atom stereocenters. The van der Waals surface area contributed by atoms with E-state index in [4.69, 9.17) is 18.9 Å². The summed E-state index contributed by atoms with van der Waals surface area (Å²) in [6.45, 7) is 2.96. The van der Waals surface area contributed by atoms with Crippen LogP contribution in [-0.4, -0.2) is 74.7 Å². The van der Waals surface area contributed by atoms with E-state index in [9.17, 15) is 37.7 Å². The van der Waals surface area contributed by atoms with Crippen LogP contribution in [0, 0.1) is 10.1 Å². The van der Waals surface area contributed by atoms with Crippen molar-refractivity contribution in [2.24, 2.45) is 0 Å². The van der Waals surface area contributed by atoms with Crippen LogP contribution >= 0.6 is 0 Å². The van der Waals surface area contributed by atoms with Crippen LogP contribution in [0.25, 0.3) is 11.2 Å². The van der Waals surface area contributed by atoms with Crippen molar-refractivity contribution >= 4 is 44.8 Å². The van der Waals surface area contributed by atoms with E-state index in [1.54, 1.807) is 0 Å². The first-order valence-corrected chi connectivity index (χ1v) is 12.8. The van der Waals surface area contributed by atoms with Gasteiger partial charge in [-0.3, -0.25) is 33.9 Å². The van der Waals surface area contributed by atoms with Gasteiger partial charge in [-0.2, -0.15) is 3.97 Å². The lowest BCUT2D eigenvalue weighted by atomic mass is 10.1. The number of benzene rings is 1. The second kappa shape index (κ2) is 10.8. The second-order valence-corrected chi connectivity index (χ2v) is 10.2. The zero-order valence-corrected chi connectivity index (χ0v) is 21.8. The van der Waals surface area contributed by atoms with E-state index in [1.165, 1.54) is 12.1 Å². The average Bonchev–Trinajstić information content (AvgIpc) is 3.44. The van der Waals surface area contributed by atoms with E-state index in [2.05, 4.69) is 9.97 Å². The number of imidazole rings is 1. The summed E-state index contributed by atoms with van der Waals surface area (Å²) in [5, 5.41) is 11.4. The molecular weight excluding hydrogens is 558 g/mol. The van der Waals surface area contributed by atoms with E-state index < -0.39 is 79.1 Å². The molecule has 0 bridgehead atoms. The zero-order valence-electron chi connectivity index (χ0n) is 21.0. The molecule has 17 nitrogen and oxygen atoms in total. The van der Waals surface area contributed by atoms with Crippen molar-refractivity contribution in [1.82, 2.24) is 18.5 Å². The molecule has 0 unspecified atom stereocenters. The molecule has 40 heavy (non-hydrogen) atoms. The van der Waals surface area contributed by atoms with Gasteiger partial charge in [-0.05, 0) is 6.07 Å². The third-order valence-electron chi connectivity index (χ3n) is 5.67. The van der Waals surface area contributed by atoms with Gasteiger partial charge in [0.05, 0.1) is 11.3 Å². The number of hydrogen-bond acceptors (Lipinski definition) is 14. The second-order valence-electron chi connectivity index (χ2n) is 8.42. The number of fused-ring (bicyclic) bond motifs is 1. The standard InChI is InChI=1S/C22H21N5O12S/c1-11(28)36-8-15-18(37-12(2)29)19(38-13(3)30)22(39-15)25-9-23-17-20(25)24-10-26(21(17)31)40(34,35)16-7-5-4-6-14(16)27(32)33/h4-7,9-10,15,18-19,22H,8H2,1-3H3/t15-,18-,19-,22-/m1/s1. The van der Waals surface area contributed by atoms with Crippen molar-refractivity contribution in [1.29, 1.82) is 0 Å². The van der Waals surface area contributed by atoms with Crippen molar-refractivity contribution in [3.05, 3.63) is 57.4 Å². The Balaban J connectivity index is 1.80. The number of hydrogen-bond donors (Lipinski definition) is 0. The summed E-state index contributed by atoms with van der Waals surface area (Å²) in [7, 11) is -4.78. The number of nitro groups is 1. The average molecular weight is 580 g/mol. The Kier molecular flexibility index (Phi) is 7.65. The minimum atomic E-state index is -4.78. The molecule has 0 spiro atoms. The first kappa shape index (κ1) is 28.3. The van der Waals surface area contributed by atoms with E-state index in [-0.39, 0.29) is 16.2 Å². The maximum Gasteiger partial charge on any atom is 0.303 e. The minimum absolute atomic E-state index is 0.208. The molecule has 18 heteroatoms. The van der Waals surface area contributed by atoms with Crippen LogP contribution in [0.15, 0.2) is 46.6 Å². The third-order valence-corrected chi connectivity index (χ3v) is 7.35. The van der Waals surface area contributed by atoms with Crippen LogP contribution in [0.1, 0.15) is 27.0 Å². The molecule has 3 aromatic rings. The van der Waals surface area contributed by atoms with Gasteiger partial charge in [0.2, 0.25) is 0 Å². The fourth-order valence-corrected chi connectivity index (χ4v) is 5.45. The molecule has 0 saturated carbocycles. The van der Waals surface area contributed by atoms with Crippen LogP contribution in [-0.2, 0) is 43.4 Å². The lowest BCUT2D eigenvalue weighted by Gasteiger charge is -2.23. The predicted octanol–water partition coefficient (Wildman–Crippen LogP) is 0.0621. The Labute approximate surface area is 224 Å². The Bertz CT molecular complexity index is 1680. The smallest absolute Gasteiger partial charge is 0.303 e. The van der Waals surface area contributed by atoms with Crippen LogP contribution in [0.4, 0.5) is 5.69 Å². The first-order valence-electron chi connectivity index (χ1n) is 11.4. The molecule has 1 aliphatic rings. The highest BCUT2D eigenvalue weighted by molar-refractivity contribution is 7.90. The number of nitro benzene ring substituents is 1. The summed E-state index contributed by atoms with van der Waals surface area (Å²) in [5.74, 6) is -2.19. The number of carbonyl (C=O) groups excluding carboxylic acids is 3. The summed E-state index contributed by atoms with van der Waals surface area (Å²) in [4.78, 5) is 65.9. The van der Waals surface area contributed by atoms with Gasteiger partial charge in [-0.15, -0.1) is 0 Å². The van der Waals surface area contributed by atoms with Crippen molar-refractivity contribution in [2.75, 3.05) is 6.61 Å². The summed E-state index contributed by atoms with van der Waals surface area (Å²) in [5.41, 5.74) is -2.62. The summed E-state index contributed by atoms with van der Waals surface area (Å²) in [6.07, 6.45) is -3.29. The number of esters is 3. The van der Waals surface area contributed by atoms with E-state index in [0.717, 1.165) is 43.8 Å². The molecule has 1 fully saturated rings. The molecule has 2 aromatic heterocycles. The zero-order chi connectivity index (χ0) is 29.4. The van der Waals surface area contributed by atoms with E-state index >= 15 is 0 Å². The maximum atomic E-state index is 13.2. The van der Waals surface area contributed by atoms with Crippen LogP contribution < -0.4 is 5.56 Å². The van der Waals surface area contributed by atoms with Gasteiger partial charge in [0, 0.05) is 26.8 Å². The lowest BCUT2D eigenvalue weighted by molar-refractivity contribution is -0.387. The molecule has 0 amide bonds. The topological polar surface area (TPSA) is 218 Å². The Morgan fingerprint density at radius 2 is 1.68 bits per heavy atom. The number of nitrogens with zero attached hydrogens (tertiary/aromatic N) is 5. The molecule has 0 radical (unpaired) electrons. The molecule has 212 valence electrons. The molecular formula is C22H21N5O12S. The first-order chi connectivity index (χ1) is 18.8. The normalized spacial score (nSPS) is 20.7. The van der Waals surface area contributed by atoms with Crippen molar-refractivity contribution in [3.63, 3.8) is 0 Å². The fraction of sp³-hybridized carbons (Fsp3) is 0.364. The highest BCUT2D eigenvalue weighted by atomic mass is 32.2. The lowest BCUT2D eigenvalue weighted by Crippen LogP contribution is -2.40. The van der Waals surface area contributed by atoms with Gasteiger partial charge in [-0.1, -0.05) is 12.1 Å². The van der Waals surface area contributed by atoms with Crippen molar-refractivity contribution in [2.45, 2.75) is 50.2 Å². The molecule has 1 aromatic carbocycles. The number of para-hydroxylation sites is 1. The van der Waals surface area contributed by atoms with Gasteiger partial charge in [0.1, 0.15) is 19.0 Å². The van der Waals surface area contributed by atoms with Crippen LogP contribution in [0.3, 0.4) is 0 Å². The molecule has 0 N–H and O–H groups in total. The molecule has 4 rings (SSSR count). The van der Waals surface area contributed by atoms with Gasteiger partial charge in [0.25, 0.3) is 21.3 Å². The van der Waals surface area contributed by atoms with Gasteiger partial charge in [-0.25, -0.2) is 18.4 Å². The number of carbonyl (C=O) groups is 3. The molecule has 1 saturated heterocycles. The maximum absolute atomic E-state index is 13.2. The highest BCUT2D eigenvalue weighted by Gasteiger charge is 2.51. The predicted molar refractivity (Wildman–Crippen MR) is 129 cm³/mol. The van der Waals surface area contributed by atoms with Gasteiger partial charge in [0.15, 0.2) is 34.5 Å². The number of aromatic nitrogens is 4. The quantitative estimate of drug-likeness (QED) is 0.149. The van der Waals surface area contributed by atoms with Gasteiger partial charge >= 0.3 is 17.9 Å². The molecule has 1 aliphatic heterocycles. The number of ether oxygens (including phenoxy) is 4. The highest BCUT2D eigenvalue weighted by Crippen LogP contribution is 2.35. The Morgan fingerprint density at radius 1 is 1.02 bits per heavy atom. The van der Waals surface area contributed by atoms with Gasteiger partial charge < -0.3 is 18.9 Å². The fourth-order valence-electron chi connectivity index (χ4n) is 4.10. The summed E-state index contributed by atoms with van der Waals surface area (Å²) < 4.78 is 49.2. The largest absolute Gasteiger partial charge is 0.463 e. The molecule has 0 aliphatic carbocycles. The summed E-state index contributed by atoms with van der Waals surface area (Å²) >= 11 is 0. The number of rotatable bonds is 8. The van der Waals surface area contributed by atoms with Crippen molar-refractivity contribution < 1.29 is 46.7 Å². The van der Waals surface area contributed by atoms with Crippen LogP contribution in [0.2, 0.25) is 0 Å². The Morgan fingerprint density at radius 3 is 2.30 bits per heavy atom.